The predicted octanol–water partition coefficient (Wildman–Crippen LogP) is 9.33. The first-order valence-electron chi connectivity index (χ1n) is 9.63. The van der Waals surface area contributed by atoms with Crippen LogP contribution in [-0.2, 0) is 9.20 Å². The summed E-state index contributed by atoms with van der Waals surface area (Å²) >= 11 is 0. The molecule has 0 unspecified atom stereocenters. The fraction of sp³-hybridized carbons (Fsp3) is 0.0800. The quantitative estimate of drug-likeness (QED) is 0.178. The molecule has 0 aliphatic heterocycles. The van der Waals surface area contributed by atoms with Gasteiger partial charge in [-0.3, -0.25) is 0 Å². The maximum absolute atomic E-state index is 6.28. The number of benzene rings is 3. The van der Waals surface area contributed by atoms with Crippen LogP contribution in [0.5, 0.6) is 11.5 Å². The van der Waals surface area contributed by atoms with Crippen LogP contribution in [0.25, 0.3) is 33.8 Å². The summed E-state index contributed by atoms with van der Waals surface area (Å²) in [4.78, 5) is 0. The number of halogens is 4. The first kappa shape index (κ1) is 25.7. The van der Waals surface area contributed by atoms with Gasteiger partial charge >= 0.3 is 61.1 Å². The Bertz CT molecular complexity index is 1090. The molecule has 0 saturated carbocycles. The SMILES string of the molecule is COc1ccc(-c2cc(-c3ccccc3)cc(-c3ccc(OC)cc3)[o+]2)cc1.[Cl][Fe-]([Cl])([Cl])[Cl]. The van der Waals surface area contributed by atoms with Crippen LogP contribution in [0, 0.1) is 0 Å². The Balaban J connectivity index is 0.000000555. The number of ether oxygens (including phenoxy) is 2. The molecule has 0 N–H and O–H groups in total. The van der Waals surface area contributed by atoms with Gasteiger partial charge in [-0.05, 0) is 54.1 Å². The molecule has 0 fully saturated rings. The van der Waals surface area contributed by atoms with Gasteiger partial charge in [-0.2, -0.15) is 0 Å². The van der Waals surface area contributed by atoms with Crippen molar-refractivity contribution in [2.75, 3.05) is 14.2 Å². The zero-order valence-corrected chi connectivity index (χ0v) is 21.9. The van der Waals surface area contributed by atoms with E-state index in [9.17, 15) is 0 Å². The minimum absolute atomic E-state index is 0.801. The van der Waals surface area contributed by atoms with Crippen LogP contribution in [0.4, 0.5) is 0 Å². The second-order valence-corrected chi connectivity index (χ2v) is 17.6. The summed E-state index contributed by atoms with van der Waals surface area (Å²) in [6, 6.07) is 30.2. The summed E-state index contributed by atoms with van der Waals surface area (Å²) in [6.45, 7) is 0. The zero-order chi connectivity index (χ0) is 23.8. The second kappa shape index (κ2) is 12.0. The monoisotopic (exact) mass is 565 g/mol. The third-order valence-electron chi connectivity index (χ3n) is 4.65. The molecule has 3 aromatic carbocycles. The van der Waals surface area contributed by atoms with Crippen molar-refractivity contribution in [3.8, 4) is 45.3 Å². The minimum atomic E-state index is -2.61. The standard InChI is InChI=1S/C25H21O3.4ClH.Fe/c1-26-22-12-8-19(9-13-22)24-16-21(18-6-4-3-5-7-18)17-25(28-24)20-10-14-23(27-2)15-11-20;;;;;/h3-17H,1-2H3;4*1H;/q+1;;;;;+3/p-4. The second-order valence-electron chi connectivity index (χ2n) is 6.70. The Labute approximate surface area is 212 Å². The van der Waals surface area contributed by atoms with Crippen LogP contribution in [0.2, 0.25) is 0 Å². The summed E-state index contributed by atoms with van der Waals surface area (Å²) in [5.74, 6) is 3.24. The average molecular weight is 567 g/mol. The molecule has 1 aromatic heterocycles. The normalized spacial score (nSPS) is 11.2. The van der Waals surface area contributed by atoms with Crippen LogP contribution in [-0.4, -0.2) is 14.2 Å². The van der Waals surface area contributed by atoms with Gasteiger partial charge in [0.1, 0.15) is 11.5 Å². The molecule has 8 heteroatoms. The van der Waals surface area contributed by atoms with Gasteiger partial charge in [-0.1, -0.05) is 30.3 Å². The van der Waals surface area contributed by atoms with Crippen molar-refractivity contribution in [3.63, 3.8) is 0 Å². The molecule has 0 aliphatic carbocycles. The molecule has 175 valence electrons. The van der Waals surface area contributed by atoms with Crippen molar-refractivity contribution in [1.82, 2.24) is 0 Å². The van der Waals surface area contributed by atoms with Crippen LogP contribution >= 0.6 is 40.4 Å². The number of hydrogen-bond donors (Lipinski definition) is 0. The van der Waals surface area contributed by atoms with Crippen molar-refractivity contribution in [3.05, 3.63) is 91.0 Å². The fourth-order valence-corrected chi connectivity index (χ4v) is 3.09. The molecule has 0 radical (unpaired) electrons. The molecule has 0 spiro atoms. The summed E-state index contributed by atoms with van der Waals surface area (Å²) in [6.07, 6.45) is 0. The molecule has 0 bridgehead atoms. The van der Waals surface area contributed by atoms with Gasteiger partial charge < -0.3 is 9.47 Å². The summed E-state index contributed by atoms with van der Waals surface area (Å²) in [5, 5.41) is 0. The first-order valence-corrected chi connectivity index (χ1v) is 15.7. The van der Waals surface area contributed by atoms with E-state index < -0.39 is 9.20 Å². The number of methoxy groups -OCH3 is 2. The van der Waals surface area contributed by atoms with Gasteiger partial charge in [0.25, 0.3) is 0 Å². The van der Waals surface area contributed by atoms with Gasteiger partial charge in [-0.25, -0.2) is 4.42 Å². The van der Waals surface area contributed by atoms with E-state index in [-0.39, 0.29) is 0 Å². The van der Waals surface area contributed by atoms with E-state index in [0.717, 1.165) is 45.3 Å². The molecule has 4 aromatic rings. The van der Waals surface area contributed by atoms with Crippen molar-refractivity contribution >= 4 is 40.4 Å². The topological polar surface area (TPSA) is 29.8 Å². The summed E-state index contributed by atoms with van der Waals surface area (Å²) in [7, 11) is 20.5. The zero-order valence-electron chi connectivity index (χ0n) is 17.8. The number of hydrogen-bond acceptors (Lipinski definition) is 2. The third kappa shape index (κ3) is 8.11. The van der Waals surface area contributed by atoms with Crippen LogP contribution in [0.1, 0.15) is 0 Å². The van der Waals surface area contributed by atoms with E-state index in [0.29, 0.717) is 0 Å². The van der Waals surface area contributed by atoms with Gasteiger partial charge in [0.05, 0.1) is 37.5 Å². The van der Waals surface area contributed by atoms with E-state index in [1.807, 2.05) is 66.7 Å². The number of rotatable bonds is 5. The molecule has 4 rings (SSSR count). The van der Waals surface area contributed by atoms with Crippen molar-refractivity contribution in [2.24, 2.45) is 0 Å². The molecule has 0 saturated heterocycles. The average Bonchev–Trinajstić information content (AvgIpc) is 2.83. The van der Waals surface area contributed by atoms with Gasteiger partial charge in [0.15, 0.2) is 0 Å². The Morgan fingerprint density at radius 3 is 1.30 bits per heavy atom. The Morgan fingerprint density at radius 2 is 0.939 bits per heavy atom. The van der Waals surface area contributed by atoms with E-state index in [1.54, 1.807) is 14.2 Å². The summed E-state index contributed by atoms with van der Waals surface area (Å²) in [5.41, 5.74) is 4.23. The Morgan fingerprint density at radius 1 is 0.545 bits per heavy atom. The van der Waals surface area contributed by atoms with Crippen molar-refractivity contribution in [2.45, 2.75) is 0 Å². The summed E-state index contributed by atoms with van der Waals surface area (Å²) < 4.78 is 16.8. The van der Waals surface area contributed by atoms with E-state index in [2.05, 4.69) is 24.3 Å². The third-order valence-corrected chi connectivity index (χ3v) is 4.65. The first-order chi connectivity index (χ1) is 15.8. The molecule has 0 aliphatic rings. The van der Waals surface area contributed by atoms with Crippen LogP contribution < -0.4 is 9.47 Å². The van der Waals surface area contributed by atoms with Gasteiger partial charge in [0.2, 0.25) is 0 Å². The molecule has 0 amide bonds. The van der Waals surface area contributed by atoms with E-state index in [4.69, 9.17) is 54.3 Å². The Kier molecular flexibility index (Phi) is 9.34. The predicted molar refractivity (Wildman–Crippen MR) is 136 cm³/mol. The van der Waals surface area contributed by atoms with Gasteiger partial charge in [0, 0.05) is 5.56 Å². The van der Waals surface area contributed by atoms with Crippen LogP contribution in [0.3, 0.4) is 0 Å². The van der Waals surface area contributed by atoms with E-state index >= 15 is 0 Å². The van der Waals surface area contributed by atoms with Crippen molar-refractivity contribution < 1.29 is 23.1 Å². The molecular weight excluding hydrogens is 546 g/mol. The Hall–Kier alpha value is -1.91. The van der Waals surface area contributed by atoms with Gasteiger partial charge in [-0.15, -0.1) is 0 Å². The molecule has 33 heavy (non-hydrogen) atoms. The molecule has 3 nitrogen and oxygen atoms in total. The van der Waals surface area contributed by atoms with Crippen molar-refractivity contribution in [1.29, 1.82) is 0 Å². The molecule has 0 atom stereocenters. The fourth-order valence-electron chi connectivity index (χ4n) is 3.09. The van der Waals surface area contributed by atoms with Crippen LogP contribution in [0.15, 0.2) is 95.4 Å². The van der Waals surface area contributed by atoms with E-state index in [1.165, 1.54) is 0 Å². The maximum atomic E-state index is 6.28. The molecule has 1 heterocycles. The molecular formula is C25H21Cl4FeO3.